The number of benzene rings is 1. The van der Waals surface area contributed by atoms with Crippen molar-refractivity contribution in [3.05, 3.63) is 34.9 Å². The van der Waals surface area contributed by atoms with Gasteiger partial charge in [-0.25, -0.2) is 4.79 Å². The Morgan fingerprint density at radius 3 is 2.48 bits per heavy atom. The van der Waals surface area contributed by atoms with E-state index in [9.17, 15) is 9.59 Å². The van der Waals surface area contributed by atoms with Crippen LogP contribution in [-0.2, 0) is 11.2 Å². The first-order valence-electron chi connectivity index (χ1n) is 8.04. The third kappa shape index (κ3) is 5.13. The smallest absolute Gasteiger partial charge is 0.317 e. The average Bonchev–Trinajstić information content (AvgIpc) is 2.75. The van der Waals surface area contributed by atoms with Gasteiger partial charge in [-0.2, -0.15) is 0 Å². The Balaban J connectivity index is 1.91. The molecule has 3 amide bonds. The third-order valence-corrected chi connectivity index (χ3v) is 4.22. The molecule has 1 aliphatic rings. The zero-order valence-electron chi connectivity index (χ0n) is 13.7. The van der Waals surface area contributed by atoms with Gasteiger partial charge >= 0.3 is 6.03 Å². The van der Waals surface area contributed by atoms with Gasteiger partial charge in [-0.1, -0.05) is 29.8 Å². The fourth-order valence-corrected chi connectivity index (χ4v) is 2.83. The van der Waals surface area contributed by atoms with Crippen LogP contribution in [0.3, 0.4) is 0 Å². The van der Waals surface area contributed by atoms with E-state index in [4.69, 9.17) is 11.6 Å². The van der Waals surface area contributed by atoms with Crippen molar-refractivity contribution in [3.63, 3.8) is 0 Å². The minimum Gasteiger partial charge on any atom is -0.341 e. The van der Waals surface area contributed by atoms with Crippen LogP contribution < -0.4 is 5.32 Å². The van der Waals surface area contributed by atoms with Crippen molar-refractivity contribution in [3.8, 4) is 0 Å². The van der Waals surface area contributed by atoms with Gasteiger partial charge in [-0.15, -0.1) is 0 Å². The maximum atomic E-state index is 12.5. The molecule has 0 unspecified atom stereocenters. The van der Waals surface area contributed by atoms with Gasteiger partial charge in [0.15, 0.2) is 0 Å². The van der Waals surface area contributed by atoms with Crippen LogP contribution >= 0.6 is 11.6 Å². The molecule has 0 saturated carbocycles. The van der Waals surface area contributed by atoms with Crippen LogP contribution in [0.2, 0.25) is 5.02 Å². The molecule has 1 aromatic carbocycles. The molecule has 2 rings (SSSR count). The van der Waals surface area contributed by atoms with Crippen molar-refractivity contribution in [2.45, 2.75) is 32.7 Å². The summed E-state index contributed by atoms with van der Waals surface area (Å²) in [6.07, 6.45) is 1.09. The highest BCUT2D eigenvalue weighted by Gasteiger charge is 2.22. The molecule has 126 valence electrons. The Bertz CT molecular complexity index is 563. The first-order valence-corrected chi connectivity index (χ1v) is 8.42. The normalized spacial score (nSPS) is 15.5. The Hall–Kier alpha value is -1.75. The van der Waals surface area contributed by atoms with E-state index < -0.39 is 0 Å². The van der Waals surface area contributed by atoms with Crippen molar-refractivity contribution in [2.75, 3.05) is 26.2 Å². The summed E-state index contributed by atoms with van der Waals surface area (Å²) in [5, 5.41) is 3.52. The molecular formula is C17H24ClN3O2. The Labute approximate surface area is 142 Å². The summed E-state index contributed by atoms with van der Waals surface area (Å²) in [4.78, 5) is 28.1. The van der Waals surface area contributed by atoms with Crippen LogP contribution in [-0.4, -0.2) is 54.0 Å². The van der Waals surface area contributed by atoms with Crippen LogP contribution in [0.5, 0.6) is 0 Å². The third-order valence-electron chi connectivity index (χ3n) is 3.85. The van der Waals surface area contributed by atoms with E-state index in [1.807, 2.05) is 36.9 Å². The number of nitrogens with one attached hydrogen (secondary N) is 1. The highest BCUT2D eigenvalue weighted by atomic mass is 35.5. The lowest BCUT2D eigenvalue weighted by atomic mass is 10.1. The lowest BCUT2D eigenvalue weighted by molar-refractivity contribution is -0.130. The Morgan fingerprint density at radius 2 is 1.78 bits per heavy atom. The highest BCUT2D eigenvalue weighted by molar-refractivity contribution is 6.31. The van der Waals surface area contributed by atoms with Gasteiger partial charge in [0.05, 0.1) is 6.42 Å². The Morgan fingerprint density at radius 1 is 1.13 bits per heavy atom. The monoisotopic (exact) mass is 337 g/mol. The van der Waals surface area contributed by atoms with E-state index in [-0.39, 0.29) is 18.0 Å². The second-order valence-corrected chi connectivity index (χ2v) is 6.50. The van der Waals surface area contributed by atoms with Crippen LogP contribution in [0.1, 0.15) is 25.8 Å². The van der Waals surface area contributed by atoms with Gasteiger partial charge < -0.3 is 15.1 Å². The van der Waals surface area contributed by atoms with Crippen LogP contribution in [0, 0.1) is 0 Å². The summed E-state index contributed by atoms with van der Waals surface area (Å²) in [6.45, 7) is 6.36. The van der Waals surface area contributed by atoms with Gasteiger partial charge in [0.1, 0.15) is 0 Å². The lowest BCUT2D eigenvalue weighted by Gasteiger charge is -2.23. The molecule has 1 aromatic rings. The van der Waals surface area contributed by atoms with E-state index in [2.05, 4.69) is 5.32 Å². The van der Waals surface area contributed by atoms with Crippen LogP contribution in [0.25, 0.3) is 0 Å². The quantitative estimate of drug-likeness (QED) is 0.921. The molecular weight excluding hydrogens is 314 g/mol. The second kappa shape index (κ2) is 8.20. The average molecular weight is 338 g/mol. The second-order valence-electron chi connectivity index (χ2n) is 6.09. The number of rotatable bonds is 3. The minimum atomic E-state index is -0.0552. The van der Waals surface area contributed by atoms with E-state index >= 15 is 0 Å². The van der Waals surface area contributed by atoms with Crippen LogP contribution in [0.4, 0.5) is 4.79 Å². The fourth-order valence-electron chi connectivity index (χ4n) is 2.62. The number of carbonyl (C=O) groups excluding carboxylic acids is 2. The van der Waals surface area contributed by atoms with Gasteiger partial charge in [0.25, 0.3) is 0 Å². The number of hydrogen-bond acceptors (Lipinski definition) is 2. The molecule has 0 radical (unpaired) electrons. The Kier molecular flexibility index (Phi) is 6.28. The molecule has 6 heteroatoms. The van der Waals surface area contributed by atoms with Gasteiger partial charge in [-0.3, -0.25) is 4.79 Å². The maximum Gasteiger partial charge on any atom is 0.317 e. The number of nitrogens with zero attached hydrogens (tertiary/aromatic N) is 2. The SMILES string of the molecule is CC(C)NC(=O)N1CCCN(C(=O)Cc2ccccc2Cl)CC1. The van der Waals surface area contributed by atoms with Crippen molar-refractivity contribution in [2.24, 2.45) is 0 Å². The largest absolute Gasteiger partial charge is 0.341 e. The molecule has 1 heterocycles. The molecule has 1 N–H and O–H groups in total. The molecule has 0 bridgehead atoms. The van der Waals surface area contributed by atoms with Crippen LogP contribution in [0.15, 0.2) is 24.3 Å². The predicted molar refractivity (Wildman–Crippen MR) is 91.6 cm³/mol. The zero-order valence-corrected chi connectivity index (χ0v) is 14.5. The summed E-state index contributed by atoms with van der Waals surface area (Å²) < 4.78 is 0. The molecule has 0 aliphatic carbocycles. The molecule has 0 spiro atoms. The molecule has 1 fully saturated rings. The number of halogens is 1. The standard InChI is InChI=1S/C17H24ClN3O2/c1-13(2)19-17(23)21-9-5-8-20(10-11-21)16(22)12-14-6-3-4-7-15(14)18/h3-4,6-7,13H,5,8-12H2,1-2H3,(H,19,23). The molecule has 1 saturated heterocycles. The summed E-state index contributed by atoms with van der Waals surface area (Å²) in [7, 11) is 0. The van der Waals surface area contributed by atoms with Crippen molar-refractivity contribution >= 4 is 23.5 Å². The molecule has 23 heavy (non-hydrogen) atoms. The number of urea groups is 1. The van der Waals surface area contributed by atoms with Gasteiger partial charge in [0.2, 0.25) is 5.91 Å². The molecule has 5 nitrogen and oxygen atoms in total. The zero-order chi connectivity index (χ0) is 16.8. The van der Waals surface area contributed by atoms with Crippen molar-refractivity contribution in [1.29, 1.82) is 0 Å². The van der Waals surface area contributed by atoms with E-state index in [0.717, 1.165) is 12.0 Å². The summed E-state index contributed by atoms with van der Waals surface area (Å²) in [6, 6.07) is 7.47. The van der Waals surface area contributed by atoms with E-state index in [1.165, 1.54) is 0 Å². The first kappa shape index (κ1) is 17.6. The van der Waals surface area contributed by atoms with E-state index in [1.54, 1.807) is 11.0 Å². The van der Waals surface area contributed by atoms with Crippen molar-refractivity contribution < 1.29 is 9.59 Å². The van der Waals surface area contributed by atoms with Gasteiger partial charge in [0, 0.05) is 37.2 Å². The topological polar surface area (TPSA) is 52.7 Å². The number of hydrogen-bond donors (Lipinski definition) is 1. The predicted octanol–water partition coefficient (Wildman–Crippen LogP) is 2.53. The molecule has 0 aromatic heterocycles. The number of amides is 3. The molecule has 1 aliphatic heterocycles. The van der Waals surface area contributed by atoms with Crippen molar-refractivity contribution in [1.82, 2.24) is 15.1 Å². The maximum absolute atomic E-state index is 12.5. The minimum absolute atomic E-state index is 0.0552. The van der Waals surface area contributed by atoms with E-state index in [0.29, 0.717) is 37.6 Å². The fraction of sp³-hybridized carbons (Fsp3) is 0.529. The lowest BCUT2D eigenvalue weighted by Crippen LogP contribution is -2.45. The highest BCUT2D eigenvalue weighted by Crippen LogP contribution is 2.16. The first-order chi connectivity index (χ1) is 11.0. The summed E-state index contributed by atoms with van der Waals surface area (Å²) >= 11 is 6.12. The molecule has 0 atom stereocenters. The number of carbonyl (C=O) groups is 2. The summed E-state index contributed by atoms with van der Waals surface area (Å²) in [5.74, 6) is 0.0595. The van der Waals surface area contributed by atoms with Gasteiger partial charge in [-0.05, 0) is 31.9 Å². The summed E-state index contributed by atoms with van der Waals surface area (Å²) in [5.41, 5.74) is 0.845.